The molecule has 0 radical (unpaired) electrons. The summed E-state index contributed by atoms with van der Waals surface area (Å²) in [6.07, 6.45) is 5.65. The van der Waals surface area contributed by atoms with E-state index in [-0.39, 0.29) is 18.0 Å². The number of methoxy groups -OCH3 is 1. The maximum atomic E-state index is 12.2. The third-order valence-corrected chi connectivity index (χ3v) is 5.71. The number of carbonyl (C=O) groups excluding carboxylic acids is 1. The minimum atomic E-state index is -0.0699. The number of fused-ring (bicyclic) bond motifs is 1. The second kappa shape index (κ2) is 7.44. The fraction of sp³-hybridized carbons (Fsp3) is 0.389. The number of pyridine rings is 1. The molecule has 3 aromatic rings. The van der Waals surface area contributed by atoms with Crippen LogP contribution in [0.25, 0.3) is 11.0 Å². The van der Waals surface area contributed by atoms with Crippen molar-refractivity contribution in [3.05, 3.63) is 24.0 Å². The molecule has 0 aliphatic heterocycles. The van der Waals surface area contributed by atoms with Gasteiger partial charge in [0.05, 0.1) is 18.4 Å². The third-order valence-electron chi connectivity index (χ3n) is 5.10. The van der Waals surface area contributed by atoms with Gasteiger partial charge in [0.2, 0.25) is 11.0 Å². The Hall–Kier alpha value is -3.19. The van der Waals surface area contributed by atoms with Crippen molar-refractivity contribution in [2.75, 3.05) is 24.4 Å². The first-order valence-electron chi connectivity index (χ1n) is 8.85. The molecule has 1 aliphatic carbocycles. The highest BCUT2D eigenvalue weighted by atomic mass is 32.1. The Balaban J connectivity index is 1.37. The molecule has 28 heavy (non-hydrogen) atoms. The van der Waals surface area contributed by atoms with E-state index < -0.39 is 0 Å². The van der Waals surface area contributed by atoms with Gasteiger partial charge in [0.1, 0.15) is 11.7 Å². The summed E-state index contributed by atoms with van der Waals surface area (Å²) in [6.45, 7) is 0. The minimum Gasteiger partial charge on any atom is -0.466 e. The molecule has 0 saturated heterocycles. The first-order chi connectivity index (χ1) is 13.6. The zero-order valence-electron chi connectivity index (χ0n) is 15.5. The number of hydrogen-bond donors (Lipinski definition) is 2. The second-order valence-corrected chi connectivity index (χ2v) is 7.56. The van der Waals surface area contributed by atoms with Gasteiger partial charge in [-0.15, -0.1) is 4.37 Å². The normalized spacial score (nSPS) is 18.3. The van der Waals surface area contributed by atoms with Crippen molar-refractivity contribution >= 4 is 39.3 Å². The van der Waals surface area contributed by atoms with E-state index in [2.05, 4.69) is 35.6 Å². The predicted molar refractivity (Wildman–Crippen MR) is 105 cm³/mol. The van der Waals surface area contributed by atoms with E-state index in [1.807, 2.05) is 19.3 Å². The van der Waals surface area contributed by atoms with Crippen LogP contribution in [0.3, 0.4) is 0 Å². The average molecular weight is 397 g/mol. The maximum Gasteiger partial charge on any atom is 0.329 e. The van der Waals surface area contributed by atoms with E-state index >= 15 is 0 Å². The van der Waals surface area contributed by atoms with Crippen molar-refractivity contribution in [3.63, 3.8) is 0 Å². The van der Waals surface area contributed by atoms with Crippen LogP contribution in [0.4, 0.5) is 10.8 Å². The molecule has 3 aromatic heterocycles. The van der Waals surface area contributed by atoms with Gasteiger partial charge in [-0.25, -0.2) is 4.98 Å². The molecule has 0 unspecified atom stereocenters. The lowest BCUT2D eigenvalue weighted by Crippen LogP contribution is -2.44. The van der Waals surface area contributed by atoms with Gasteiger partial charge in [-0.05, 0) is 24.8 Å². The van der Waals surface area contributed by atoms with Crippen LogP contribution in [-0.2, 0) is 4.79 Å². The van der Waals surface area contributed by atoms with Crippen LogP contribution in [0.1, 0.15) is 24.8 Å². The Labute approximate surface area is 165 Å². The molecule has 0 atom stereocenters. The smallest absolute Gasteiger partial charge is 0.329 e. The van der Waals surface area contributed by atoms with Gasteiger partial charge in [0.25, 0.3) is 0 Å². The summed E-state index contributed by atoms with van der Waals surface area (Å²) in [5.41, 5.74) is 2.22. The quantitative estimate of drug-likeness (QED) is 0.656. The Morgan fingerprint density at radius 3 is 3.07 bits per heavy atom. The summed E-state index contributed by atoms with van der Waals surface area (Å²) in [6, 6.07) is 4.72. The number of rotatable bonds is 6. The zero-order valence-corrected chi connectivity index (χ0v) is 16.3. The molecule has 1 saturated carbocycles. The summed E-state index contributed by atoms with van der Waals surface area (Å²) in [5.74, 6) is 0.232. The van der Waals surface area contributed by atoms with Crippen LogP contribution < -0.4 is 15.0 Å². The monoisotopic (exact) mass is 397 g/mol. The third kappa shape index (κ3) is 3.36. The van der Waals surface area contributed by atoms with Gasteiger partial charge < -0.3 is 19.9 Å². The molecule has 1 aliphatic rings. The highest BCUT2D eigenvalue weighted by Crippen LogP contribution is 2.39. The van der Waals surface area contributed by atoms with Crippen LogP contribution in [0.15, 0.2) is 18.5 Å². The standard InChI is InChI=1S/C18H19N7O2S/c1-25(15-11(8-19)9-21-16-13(15)3-4-20-16)12-5-10(6-12)7-14(26)22-18-23-17(27-2)24-28-18/h3-4,9-10,12H,5-7H2,1-2H3,(H,20,21)(H,22,23,24,26). The number of aromatic nitrogens is 4. The largest absolute Gasteiger partial charge is 0.466 e. The summed E-state index contributed by atoms with van der Waals surface area (Å²) < 4.78 is 8.88. The second-order valence-electron chi connectivity index (χ2n) is 6.81. The van der Waals surface area contributed by atoms with E-state index in [4.69, 9.17) is 4.74 Å². The lowest BCUT2D eigenvalue weighted by atomic mass is 9.77. The molecule has 10 heteroatoms. The van der Waals surface area contributed by atoms with Crippen molar-refractivity contribution in [1.29, 1.82) is 5.26 Å². The molecule has 3 heterocycles. The molecule has 0 bridgehead atoms. The Bertz CT molecular complexity index is 1050. The van der Waals surface area contributed by atoms with Crippen LogP contribution in [0.5, 0.6) is 6.01 Å². The van der Waals surface area contributed by atoms with Crippen molar-refractivity contribution < 1.29 is 9.53 Å². The number of carbonyl (C=O) groups is 1. The van der Waals surface area contributed by atoms with Crippen LogP contribution in [-0.4, -0.2) is 45.4 Å². The Morgan fingerprint density at radius 2 is 2.36 bits per heavy atom. The van der Waals surface area contributed by atoms with Gasteiger partial charge in [0, 0.05) is 48.8 Å². The SMILES string of the molecule is COc1nsc(NC(=O)CC2CC(N(C)c3c(C#N)cnc4[nH]ccc34)C2)n1. The molecular formula is C18H19N7O2S. The first kappa shape index (κ1) is 18.2. The van der Waals surface area contributed by atoms with Crippen LogP contribution in [0.2, 0.25) is 0 Å². The maximum absolute atomic E-state index is 12.2. The topological polar surface area (TPSA) is 120 Å². The highest BCUT2D eigenvalue weighted by molar-refractivity contribution is 7.10. The van der Waals surface area contributed by atoms with Crippen LogP contribution in [0, 0.1) is 17.2 Å². The number of nitriles is 1. The highest BCUT2D eigenvalue weighted by Gasteiger charge is 2.35. The van der Waals surface area contributed by atoms with Crippen LogP contribution >= 0.6 is 11.5 Å². The number of nitrogens with zero attached hydrogens (tertiary/aromatic N) is 5. The van der Waals surface area contributed by atoms with E-state index in [0.29, 0.717) is 23.0 Å². The summed E-state index contributed by atoms with van der Waals surface area (Å²) >= 11 is 1.10. The van der Waals surface area contributed by atoms with E-state index in [9.17, 15) is 10.1 Å². The van der Waals surface area contributed by atoms with Crippen molar-refractivity contribution in [3.8, 4) is 12.1 Å². The number of nitrogens with one attached hydrogen (secondary N) is 2. The van der Waals surface area contributed by atoms with E-state index in [0.717, 1.165) is 41.1 Å². The van der Waals surface area contributed by atoms with Gasteiger partial charge in [-0.1, -0.05) is 0 Å². The molecule has 4 rings (SSSR count). The number of aromatic amines is 1. The number of H-pyrrole nitrogens is 1. The van der Waals surface area contributed by atoms with Gasteiger partial charge >= 0.3 is 6.01 Å². The molecule has 0 aromatic carbocycles. The molecule has 2 N–H and O–H groups in total. The van der Waals surface area contributed by atoms with Crippen molar-refractivity contribution in [1.82, 2.24) is 19.3 Å². The minimum absolute atomic E-state index is 0.0699. The van der Waals surface area contributed by atoms with Gasteiger partial charge in [-0.2, -0.15) is 10.2 Å². The molecule has 1 amide bonds. The first-order valence-corrected chi connectivity index (χ1v) is 9.63. The fourth-order valence-corrected chi connectivity index (χ4v) is 4.16. The molecular weight excluding hydrogens is 378 g/mol. The number of ether oxygens (including phenoxy) is 1. The van der Waals surface area contributed by atoms with Gasteiger partial charge in [0.15, 0.2) is 0 Å². The summed E-state index contributed by atoms with van der Waals surface area (Å²) in [4.78, 5) is 25.8. The molecule has 144 valence electrons. The van der Waals surface area contributed by atoms with Crippen molar-refractivity contribution in [2.24, 2.45) is 5.92 Å². The van der Waals surface area contributed by atoms with E-state index in [1.165, 1.54) is 7.11 Å². The summed E-state index contributed by atoms with van der Waals surface area (Å²) in [7, 11) is 3.48. The number of amides is 1. The molecule has 9 nitrogen and oxygen atoms in total. The lowest BCUT2D eigenvalue weighted by molar-refractivity contribution is -0.117. The molecule has 0 spiro atoms. The predicted octanol–water partition coefficient (Wildman–Crippen LogP) is 2.54. The number of hydrogen-bond acceptors (Lipinski definition) is 8. The Kier molecular flexibility index (Phi) is 4.83. The lowest BCUT2D eigenvalue weighted by Gasteiger charge is -2.42. The van der Waals surface area contributed by atoms with E-state index in [1.54, 1.807) is 6.20 Å². The van der Waals surface area contributed by atoms with Crippen molar-refractivity contribution in [2.45, 2.75) is 25.3 Å². The average Bonchev–Trinajstić information content (AvgIpc) is 3.31. The number of anilines is 2. The summed E-state index contributed by atoms with van der Waals surface area (Å²) in [5, 5.41) is 13.6. The fourth-order valence-electron chi connectivity index (χ4n) is 3.60. The van der Waals surface area contributed by atoms with Gasteiger partial charge in [-0.3, -0.25) is 4.79 Å². The molecule has 1 fully saturated rings. The zero-order chi connectivity index (χ0) is 19.7. The Morgan fingerprint density at radius 1 is 1.54 bits per heavy atom.